The summed E-state index contributed by atoms with van der Waals surface area (Å²) in [5.41, 5.74) is 4.97. The van der Waals surface area contributed by atoms with Crippen LogP contribution in [0.4, 0.5) is 10.8 Å². The van der Waals surface area contributed by atoms with Crippen LogP contribution >= 0.6 is 11.3 Å². The van der Waals surface area contributed by atoms with Crippen LogP contribution in [0.1, 0.15) is 26.4 Å². The van der Waals surface area contributed by atoms with Crippen molar-refractivity contribution >= 4 is 39.7 Å². The first kappa shape index (κ1) is 19.6. The first-order valence-electron chi connectivity index (χ1n) is 9.12. The van der Waals surface area contributed by atoms with Gasteiger partial charge in [-0.15, -0.1) is 11.3 Å². The zero-order valence-electron chi connectivity index (χ0n) is 16.6. The highest BCUT2D eigenvalue weighted by atomic mass is 32.1. The van der Waals surface area contributed by atoms with Crippen LogP contribution in [0.5, 0.6) is 0 Å². The molecular formula is C21H19N5O3S. The maximum atomic E-state index is 11.8. The van der Waals surface area contributed by atoms with Gasteiger partial charge in [-0.1, -0.05) is 0 Å². The summed E-state index contributed by atoms with van der Waals surface area (Å²) >= 11 is 1.47. The van der Waals surface area contributed by atoms with Crippen LogP contribution in [-0.4, -0.2) is 40.4 Å². The SMILES string of the molecule is CNC(=O)c1ccc(Nc2nc(-c3c(C)nc4cc(C(=O)OC)ccn34)cs2)cc1. The van der Waals surface area contributed by atoms with E-state index in [9.17, 15) is 9.59 Å². The highest BCUT2D eigenvalue weighted by Gasteiger charge is 2.16. The molecule has 2 N–H and O–H groups in total. The minimum absolute atomic E-state index is 0.128. The van der Waals surface area contributed by atoms with Gasteiger partial charge in [-0.2, -0.15) is 0 Å². The summed E-state index contributed by atoms with van der Waals surface area (Å²) in [5.74, 6) is -0.529. The Kier molecular flexibility index (Phi) is 5.20. The molecule has 9 heteroatoms. The van der Waals surface area contributed by atoms with Gasteiger partial charge in [0.1, 0.15) is 11.3 Å². The van der Waals surface area contributed by atoms with Gasteiger partial charge in [0, 0.05) is 29.9 Å². The number of esters is 1. The van der Waals surface area contributed by atoms with Gasteiger partial charge in [0.15, 0.2) is 5.13 Å². The Morgan fingerprint density at radius 3 is 2.57 bits per heavy atom. The van der Waals surface area contributed by atoms with Crippen molar-refractivity contribution in [3.05, 3.63) is 64.8 Å². The Bertz CT molecular complexity index is 1240. The molecule has 0 aliphatic carbocycles. The lowest BCUT2D eigenvalue weighted by molar-refractivity contribution is 0.0600. The number of hydrogen-bond acceptors (Lipinski definition) is 7. The van der Waals surface area contributed by atoms with Gasteiger partial charge in [-0.3, -0.25) is 9.20 Å². The van der Waals surface area contributed by atoms with Crippen LogP contribution in [-0.2, 0) is 4.74 Å². The first-order chi connectivity index (χ1) is 14.5. The molecule has 0 radical (unpaired) electrons. The lowest BCUT2D eigenvalue weighted by Gasteiger charge is -2.04. The summed E-state index contributed by atoms with van der Waals surface area (Å²) in [4.78, 5) is 32.7. The van der Waals surface area contributed by atoms with Crippen LogP contribution < -0.4 is 10.6 Å². The maximum absolute atomic E-state index is 11.8. The molecule has 30 heavy (non-hydrogen) atoms. The summed E-state index contributed by atoms with van der Waals surface area (Å²) in [6.07, 6.45) is 1.79. The van der Waals surface area contributed by atoms with Crippen LogP contribution in [0.3, 0.4) is 0 Å². The number of methoxy groups -OCH3 is 1. The van der Waals surface area contributed by atoms with Crippen molar-refractivity contribution in [2.75, 3.05) is 19.5 Å². The Morgan fingerprint density at radius 2 is 1.87 bits per heavy atom. The van der Waals surface area contributed by atoms with Gasteiger partial charge in [0.25, 0.3) is 5.91 Å². The standard InChI is InChI=1S/C21H19N5O3S/c1-12-18(26-9-8-14(20(28)29-3)10-17(26)23-12)16-11-30-21(25-16)24-15-6-4-13(5-7-15)19(27)22-2/h4-11H,1-3H3,(H,22,27)(H,24,25). The molecule has 4 rings (SSSR count). The van der Waals surface area contributed by atoms with E-state index in [2.05, 4.69) is 20.6 Å². The fraction of sp³-hybridized carbons (Fsp3) is 0.143. The van der Waals surface area contributed by atoms with E-state index >= 15 is 0 Å². The predicted octanol–water partition coefficient (Wildman–Crippen LogP) is 3.66. The molecular weight excluding hydrogens is 402 g/mol. The number of fused-ring (bicyclic) bond motifs is 1. The van der Waals surface area contributed by atoms with E-state index in [0.717, 1.165) is 27.9 Å². The van der Waals surface area contributed by atoms with Crippen molar-refractivity contribution in [1.29, 1.82) is 0 Å². The fourth-order valence-electron chi connectivity index (χ4n) is 3.13. The zero-order valence-corrected chi connectivity index (χ0v) is 17.4. The van der Waals surface area contributed by atoms with Gasteiger partial charge < -0.3 is 15.4 Å². The highest BCUT2D eigenvalue weighted by Crippen LogP contribution is 2.30. The van der Waals surface area contributed by atoms with Crippen molar-refractivity contribution in [3.8, 4) is 11.4 Å². The number of ether oxygens (including phenoxy) is 1. The smallest absolute Gasteiger partial charge is 0.338 e. The molecule has 0 aliphatic heterocycles. The molecule has 4 aromatic rings. The number of imidazole rings is 1. The third kappa shape index (κ3) is 3.62. The van der Waals surface area contributed by atoms with Crippen LogP contribution in [0, 0.1) is 6.92 Å². The summed E-state index contributed by atoms with van der Waals surface area (Å²) in [6.45, 7) is 1.91. The topological polar surface area (TPSA) is 97.6 Å². The lowest BCUT2D eigenvalue weighted by atomic mass is 10.2. The molecule has 0 bridgehead atoms. The van der Waals surface area contributed by atoms with E-state index < -0.39 is 5.97 Å². The number of aromatic nitrogens is 3. The Morgan fingerprint density at radius 1 is 1.10 bits per heavy atom. The number of rotatable bonds is 5. The number of aryl methyl sites for hydroxylation is 1. The van der Waals surface area contributed by atoms with Gasteiger partial charge in [-0.25, -0.2) is 14.8 Å². The van der Waals surface area contributed by atoms with Crippen molar-refractivity contribution < 1.29 is 14.3 Å². The third-order valence-corrected chi connectivity index (χ3v) is 5.35. The summed E-state index contributed by atoms with van der Waals surface area (Å²) in [6, 6.07) is 10.6. The predicted molar refractivity (Wildman–Crippen MR) is 115 cm³/mol. The van der Waals surface area contributed by atoms with Gasteiger partial charge in [-0.05, 0) is 43.3 Å². The van der Waals surface area contributed by atoms with Crippen molar-refractivity contribution in [3.63, 3.8) is 0 Å². The number of carbonyl (C=O) groups excluding carboxylic acids is 2. The summed E-state index contributed by atoms with van der Waals surface area (Å²) in [7, 11) is 2.95. The first-order valence-corrected chi connectivity index (χ1v) is 10.00. The Labute approximate surface area is 176 Å². The molecule has 0 aliphatic rings. The number of hydrogen-bond donors (Lipinski definition) is 2. The number of carbonyl (C=O) groups is 2. The number of pyridine rings is 1. The minimum Gasteiger partial charge on any atom is -0.465 e. The molecule has 3 aromatic heterocycles. The second kappa shape index (κ2) is 7.96. The number of benzene rings is 1. The number of nitrogens with one attached hydrogen (secondary N) is 2. The molecule has 0 saturated heterocycles. The minimum atomic E-state index is -0.401. The number of anilines is 2. The molecule has 0 spiro atoms. The molecule has 1 amide bonds. The van der Waals surface area contributed by atoms with Gasteiger partial charge in [0.2, 0.25) is 0 Å². The normalized spacial score (nSPS) is 10.8. The number of thiazole rings is 1. The molecule has 0 fully saturated rings. The maximum Gasteiger partial charge on any atom is 0.338 e. The molecule has 0 atom stereocenters. The van der Waals surface area contributed by atoms with Crippen molar-refractivity contribution in [2.45, 2.75) is 6.92 Å². The second-order valence-electron chi connectivity index (χ2n) is 6.50. The van der Waals surface area contributed by atoms with Crippen LogP contribution in [0.15, 0.2) is 48.0 Å². The second-order valence-corrected chi connectivity index (χ2v) is 7.36. The van der Waals surface area contributed by atoms with E-state index in [1.54, 1.807) is 37.5 Å². The van der Waals surface area contributed by atoms with Crippen LogP contribution in [0.2, 0.25) is 0 Å². The van der Waals surface area contributed by atoms with E-state index in [4.69, 9.17) is 4.74 Å². The van der Waals surface area contributed by atoms with Gasteiger partial charge >= 0.3 is 5.97 Å². The Hall–Kier alpha value is -3.72. The van der Waals surface area contributed by atoms with E-state index in [1.165, 1.54) is 18.4 Å². The van der Waals surface area contributed by atoms with Crippen molar-refractivity contribution in [2.24, 2.45) is 0 Å². The zero-order chi connectivity index (χ0) is 21.3. The fourth-order valence-corrected chi connectivity index (χ4v) is 3.84. The molecule has 1 aromatic carbocycles. The van der Waals surface area contributed by atoms with E-state index in [-0.39, 0.29) is 5.91 Å². The Balaban J connectivity index is 1.61. The lowest BCUT2D eigenvalue weighted by Crippen LogP contribution is -2.17. The van der Waals surface area contributed by atoms with Crippen molar-refractivity contribution in [1.82, 2.24) is 19.7 Å². The third-order valence-electron chi connectivity index (χ3n) is 4.59. The number of amides is 1. The molecule has 152 valence electrons. The quantitative estimate of drug-likeness (QED) is 0.478. The highest BCUT2D eigenvalue weighted by molar-refractivity contribution is 7.14. The molecule has 3 heterocycles. The van der Waals surface area contributed by atoms with Crippen LogP contribution in [0.25, 0.3) is 17.0 Å². The summed E-state index contributed by atoms with van der Waals surface area (Å²) < 4.78 is 6.68. The monoisotopic (exact) mass is 421 g/mol. The van der Waals surface area contributed by atoms with E-state index in [1.807, 2.05) is 28.8 Å². The number of nitrogens with zero attached hydrogens (tertiary/aromatic N) is 3. The summed E-state index contributed by atoms with van der Waals surface area (Å²) in [5, 5.41) is 8.52. The average Bonchev–Trinajstić information content (AvgIpc) is 3.35. The van der Waals surface area contributed by atoms with Gasteiger partial charge in [0.05, 0.1) is 24.1 Å². The molecule has 8 nitrogen and oxygen atoms in total. The van der Waals surface area contributed by atoms with E-state index in [0.29, 0.717) is 16.8 Å². The molecule has 0 saturated carbocycles. The average molecular weight is 421 g/mol. The largest absolute Gasteiger partial charge is 0.465 e. The molecule has 0 unspecified atom stereocenters.